The number of nitrogens with two attached hydrogens (primary N) is 1. The average molecular weight is 423 g/mol. The van der Waals surface area contributed by atoms with Crippen molar-refractivity contribution in [3.63, 3.8) is 0 Å². The maximum atomic E-state index is 12.3. The zero-order chi connectivity index (χ0) is 17.5. The van der Waals surface area contributed by atoms with Gasteiger partial charge >= 0.3 is 0 Å². The summed E-state index contributed by atoms with van der Waals surface area (Å²) in [5.41, 5.74) is 7.00. The number of carbonyl (C=O) groups is 1. The molecule has 2 rings (SSSR count). The first-order valence-electron chi connectivity index (χ1n) is 8.14. The van der Waals surface area contributed by atoms with E-state index in [1.54, 1.807) is 6.07 Å². The Morgan fingerprint density at radius 2 is 1.92 bits per heavy atom. The van der Waals surface area contributed by atoms with Crippen LogP contribution in [0, 0.1) is 0 Å². The Labute approximate surface area is 172 Å². The predicted molar refractivity (Wildman–Crippen MR) is 111 cm³/mol. The van der Waals surface area contributed by atoms with Crippen molar-refractivity contribution in [3.8, 4) is 0 Å². The molecule has 0 aliphatic heterocycles. The molecule has 8 heteroatoms. The lowest BCUT2D eigenvalue weighted by atomic mass is 10.0. The molecule has 0 aliphatic rings. The van der Waals surface area contributed by atoms with Crippen molar-refractivity contribution in [2.75, 3.05) is 19.6 Å². The van der Waals surface area contributed by atoms with Crippen LogP contribution in [0.4, 0.5) is 0 Å². The molecular formula is C18H26Cl3N3O2. The summed E-state index contributed by atoms with van der Waals surface area (Å²) in [6.45, 7) is 6.66. The lowest BCUT2D eigenvalue weighted by Crippen LogP contribution is -2.38. The Kier molecular flexibility index (Phi) is 11.6. The number of hydrogen-bond acceptors (Lipinski definition) is 4. The van der Waals surface area contributed by atoms with Crippen LogP contribution in [0.15, 0.2) is 41.0 Å². The van der Waals surface area contributed by atoms with Gasteiger partial charge in [0.25, 0.3) is 5.91 Å². The van der Waals surface area contributed by atoms with Crippen molar-refractivity contribution in [2.24, 2.45) is 5.73 Å². The van der Waals surface area contributed by atoms with Crippen LogP contribution in [0.2, 0.25) is 5.02 Å². The number of nitrogens with zero attached hydrogens (tertiary/aromatic N) is 1. The monoisotopic (exact) mass is 421 g/mol. The molecule has 26 heavy (non-hydrogen) atoms. The molecule has 0 saturated carbocycles. The van der Waals surface area contributed by atoms with E-state index in [-0.39, 0.29) is 43.3 Å². The minimum Gasteiger partial charge on any atom is -0.467 e. The van der Waals surface area contributed by atoms with Crippen LogP contribution in [0.25, 0.3) is 0 Å². The maximum absolute atomic E-state index is 12.3. The summed E-state index contributed by atoms with van der Waals surface area (Å²) in [7, 11) is 0. The number of carbonyl (C=O) groups excluding carboxylic acids is 1. The number of nitrogens with one attached hydrogen (secondary N) is 1. The van der Waals surface area contributed by atoms with Crippen molar-refractivity contribution in [1.82, 2.24) is 10.2 Å². The minimum absolute atomic E-state index is 0. The molecule has 146 valence electrons. The fourth-order valence-corrected chi connectivity index (χ4v) is 3.01. The molecule has 1 aromatic carbocycles. The molecule has 0 bridgehead atoms. The van der Waals surface area contributed by atoms with Crippen LogP contribution >= 0.6 is 36.4 Å². The summed E-state index contributed by atoms with van der Waals surface area (Å²) in [6, 6.07) is 9.42. The smallest absolute Gasteiger partial charge is 0.254 e. The topological polar surface area (TPSA) is 71.5 Å². The summed E-state index contributed by atoms with van der Waals surface area (Å²) in [4.78, 5) is 14.6. The van der Waals surface area contributed by atoms with Crippen LogP contribution in [0.3, 0.4) is 0 Å². The Hall–Kier alpha value is -1.24. The molecule has 2 aromatic rings. The van der Waals surface area contributed by atoms with Gasteiger partial charge in [-0.2, -0.15) is 0 Å². The second-order valence-electron chi connectivity index (χ2n) is 5.47. The average Bonchev–Trinajstić information content (AvgIpc) is 3.08. The Morgan fingerprint density at radius 3 is 2.46 bits per heavy atom. The van der Waals surface area contributed by atoms with Crippen LogP contribution in [-0.4, -0.2) is 30.4 Å². The third kappa shape index (κ3) is 6.18. The van der Waals surface area contributed by atoms with Crippen molar-refractivity contribution in [2.45, 2.75) is 26.4 Å². The largest absolute Gasteiger partial charge is 0.467 e. The maximum Gasteiger partial charge on any atom is 0.254 e. The molecule has 3 N–H and O–H groups in total. The highest BCUT2D eigenvalue weighted by Crippen LogP contribution is 2.27. The predicted octanol–water partition coefficient (Wildman–Crippen LogP) is 4.05. The first kappa shape index (κ1) is 24.8. The lowest BCUT2D eigenvalue weighted by Gasteiger charge is -2.30. The quantitative estimate of drug-likeness (QED) is 0.673. The second-order valence-corrected chi connectivity index (χ2v) is 5.88. The normalized spacial score (nSPS) is 11.4. The molecule has 1 aromatic heterocycles. The molecule has 0 spiro atoms. The van der Waals surface area contributed by atoms with Crippen molar-refractivity contribution in [1.29, 1.82) is 0 Å². The van der Waals surface area contributed by atoms with E-state index in [4.69, 9.17) is 21.8 Å². The van der Waals surface area contributed by atoms with Crippen LogP contribution < -0.4 is 11.1 Å². The minimum atomic E-state index is -0.178. The van der Waals surface area contributed by atoms with Crippen molar-refractivity contribution in [3.05, 3.63) is 58.5 Å². The van der Waals surface area contributed by atoms with Crippen LogP contribution in [-0.2, 0) is 6.54 Å². The number of amides is 1. The third-order valence-electron chi connectivity index (χ3n) is 4.09. The van der Waals surface area contributed by atoms with Crippen LogP contribution in [0.5, 0.6) is 0 Å². The molecule has 1 unspecified atom stereocenters. The van der Waals surface area contributed by atoms with Gasteiger partial charge in [-0.15, -0.1) is 24.8 Å². The fraction of sp³-hybridized carbons (Fsp3) is 0.389. The highest BCUT2D eigenvalue weighted by molar-refractivity contribution is 6.31. The number of hydrogen-bond donors (Lipinski definition) is 2. The first-order valence-corrected chi connectivity index (χ1v) is 8.52. The molecule has 0 aliphatic carbocycles. The van der Waals surface area contributed by atoms with E-state index < -0.39 is 0 Å². The van der Waals surface area contributed by atoms with Crippen LogP contribution in [0.1, 0.15) is 41.6 Å². The lowest BCUT2D eigenvalue weighted by molar-refractivity contribution is 0.0934. The van der Waals surface area contributed by atoms with Gasteiger partial charge in [0, 0.05) is 11.6 Å². The van der Waals surface area contributed by atoms with E-state index in [2.05, 4.69) is 24.1 Å². The molecule has 1 heterocycles. The van der Waals surface area contributed by atoms with E-state index in [1.807, 2.05) is 24.3 Å². The number of halogens is 3. The van der Waals surface area contributed by atoms with E-state index in [0.29, 0.717) is 22.9 Å². The van der Waals surface area contributed by atoms with Gasteiger partial charge < -0.3 is 15.5 Å². The van der Waals surface area contributed by atoms with Crippen molar-refractivity contribution >= 4 is 42.3 Å². The first-order chi connectivity index (χ1) is 11.6. The molecule has 0 saturated heterocycles. The van der Waals surface area contributed by atoms with Gasteiger partial charge in [0.05, 0.1) is 18.2 Å². The number of rotatable bonds is 8. The van der Waals surface area contributed by atoms with Gasteiger partial charge in [0.15, 0.2) is 0 Å². The molecular weight excluding hydrogens is 397 g/mol. The van der Waals surface area contributed by atoms with Gasteiger partial charge in [-0.05, 0) is 30.8 Å². The second kappa shape index (κ2) is 12.2. The van der Waals surface area contributed by atoms with Crippen molar-refractivity contribution < 1.29 is 9.21 Å². The zero-order valence-electron chi connectivity index (χ0n) is 14.9. The molecule has 0 fully saturated rings. The third-order valence-corrected chi connectivity index (χ3v) is 4.43. The van der Waals surface area contributed by atoms with E-state index in [0.717, 1.165) is 18.7 Å². The Morgan fingerprint density at radius 1 is 1.27 bits per heavy atom. The summed E-state index contributed by atoms with van der Waals surface area (Å²) in [5.74, 6) is 0.411. The Balaban J connectivity index is 0.00000312. The van der Waals surface area contributed by atoms with E-state index >= 15 is 0 Å². The van der Waals surface area contributed by atoms with Gasteiger partial charge in [-0.25, -0.2) is 0 Å². The standard InChI is InChI=1S/C18H24ClN3O2.2ClH/c1-3-22(4-2)17(15-7-5-6-8-16(15)19)11-21-18(23)13-9-14(10-20)24-12-13;;/h5-9,12,17H,3-4,10-11,20H2,1-2H3,(H,21,23);2*1H. The molecule has 5 nitrogen and oxygen atoms in total. The Bertz CT molecular complexity index is 675. The summed E-state index contributed by atoms with van der Waals surface area (Å²) < 4.78 is 5.22. The summed E-state index contributed by atoms with van der Waals surface area (Å²) >= 11 is 6.36. The highest BCUT2D eigenvalue weighted by atomic mass is 35.5. The zero-order valence-corrected chi connectivity index (χ0v) is 17.3. The summed E-state index contributed by atoms with van der Waals surface area (Å²) in [6.07, 6.45) is 1.43. The number of likely N-dealkylation sites (N-methyl/N-ethyl adjacent to an activating group) is 1. The van der Waals surface area contributed by atoms with E-state index in [9.17, 15) is 4.79 Å². The molecule has 1 atom stereocenters. The fourth-order valence-electron chi connectivity index (χ4n) is 2.74. The van der Waals surface area contributed by atoms with Gasteiger partial charge in [0.2, 0.25) is 0 Å². The van der Waals surface area contributed by atoms with Gasteiger partial charge in [-0.3, -0.25) is 9.69 Å². The highest BCUT2D eigenvalue weighted by Gasteiger charge is 2.21. The number of benzene rings is 1. The number of furan rings is 1. The van der Waals surface area contributed by atoms with E-state index in [1.165, 1.54) is 6.26 Å². The SMILES string of the molecule is CCN(CC)C(CNC(=O)c1coc(CN)c1)c1ccccc1Cl.Cl.Cl. The van der Waals surface area contributed by atoms with Gasteiger partial charge in [0.1, 0.15) is 12.0 Å². The summed E-state index contributed by atoms with van der Waals surface area (Å²) in [5, 5.41) is 3.68. The molecule has 0 radical (unpaired) electrons. The molecule has 1 amide bonds. The van der Waals surface area contributed by atoms with Gasteiger partial charge in [-0.1, -0.05) is 43.6 Å².